The van der Waals surface area contributed by atoms with E-state index in [1.54, 1.807) is 25.1 Å². The van der Waals surface area contributed by atoms with Gasteiger partial charge in [-0.2, -0.15) is 5.26 Å². The molecule has 1 rings (SSSR count). The minimum Gasteiger partial charge on any atom is -0.348 e. The van der Waals surface area contributed by atoms with E-state index in [9.17, 15) is 4.79 Å². The molecule has 86 valence electrons. The molecule has 0 saturated carbocycles. The summed E-state index contributed by atoms with van der Waals surface area (Å²) in [6.45, 7) is 2.30. The third-order valence-corrected chi connectivity index (χ3v) is 3.39. The lowest BCUT2D eigenvalue weighted by Crippen LogP contribution is -2.34. The Labute approximate surface area is 99.5 Å². The van der Waals surface area contributed by atoms with Gasteiger partial charge in [-0.3, -0.25) is 4.79 Å². The summed E-state index contributed by atoms with van der Waals surface area (Å²) in [5.74, 6) is 0.0453. The normalized spacial score (nSPS) is 11.9. The quantitative estimate of drug-likeness (QED) is 0.860. The first-order valence-corrected chi connectivity index (χ1v) is 5.79. The van der Waals surface area contributed by atoms with E-state index in [1.165, 1.54) is 11.3 Å². The number of thiophene rings is 1. The minimum absolute atomic E-state index is 0.0453. The van der Waals surface area contributed by atoms with Gasteiger partial charge in [0.05, 0.1) is 6.54 Å². The smallest absolute Gasteiger partial charge is 0.236 e. The Bertz CT molecular complexity index is 406. The molecule has 0 radical (unpaired) electrons. The molecule has 0 saturated heterocycles. The maximum atomic E-state index is 11.4. The van der Waals surface area contributed by atoms with Gasteiger partial charge in [-0.15, -0.1) is 11.3 Å². The van der Waals surface area contributed by atoms with E-state index >= 15 is 0 Å². The van der Waals surface area contributed by atoms with Crippen LogP contribution in [-0.4, -0.2) is 31.4 Å². The second-order valence-electron chi connectivity index (χ2n) is 3.70. The zero-order chi connectivity index (χ0) is 12.1. The van der Waals surface area contributed by atoms with Gasteiger partial charge in [-0.1, -0.05) is 0 Å². The average molecular weight is 237 g/mol. The van der Waals surface area contributed by atoms with Gasteiger partial charge in [0.2, 0.25) is 5.91 Å². The van der Waals surface area contributed by atoms with Crippen LogP contribution in [0.15, 0.2) is 12.1 Å². The minimum atomic E-state index is 0.0453. The van der Waals surface area contributed by atoms with Gasteiger partial charge in [0, 0.05) is 25.0 Å². The molecule has 0 aromatic carbocycles. The van der Waals surface area contributed by atoms with E-state index in [1.807, 2.05) is 13.0 Å². The maximum Gasteiger partial charge on any atom is 0.236 e. The average Bonchev–Trinajstić information content (AvgIpc) is 2.73. The van der Waals surface area contributed by atoms with Gasteiger partial charge in [-0.25, -0.2) is 0 Å². The third-order valence-electron chi connectivity index (χ3n) is 2.22. The first-order valence-electron chi connectivity index (χ1n) is 4.98. The molecule has 0 bridgehead atoms. The molecule has 0 fully saturated rings. The summed E-state index contributed by atoms with van der Waals surface area (Å²) >= 11 is 1.45. The largest absolute Gasteiger partial charge is 0.348 e. The Kier molecular flexibility index (Phi) is 4.47. The number of rotatable bonds is 4. The van der Waals surface area contributed by atoms with Crippen LogP contribution in [0.1, 0.15) is 22.7 Å². The van der Waals surface area contributed by atoms with Crippen LogP contribution in [-0.2, 0) is 4.79 Å². The highest BCUT2D eigenvalue weighted by Crippen LogP contribution is 2.22. The number of carbonyl (C=O) groups excluding carboxylic acids is 1. The number of nitrogens with zero attached hydrogens (tertiary/aromatic N) is 2. The second kappa shape index (κ2) is 5.64. The number of hydrogen-bond donors (Lipinski definition) is 1. The third kappa shape index (κ3) is 3.33. The van der Waals surface area contributed by atoms with Crippen LogP contribution in [0.2, 0.25) is 0 Å². The fraction of sp³-hybridized carbons (Fsp3) is 0.455. The molecule has 0 aliphatic rings. The Hall–Kier alpha value is -1.38. The molecular formula is C11H15N3OS. The van der Waals surface area contributed by atoms with E-state index in [4.69, 9.17) is 5.26 Å². The molecule has 1 unspecified atom stereocenters. The fourth-order valence-electron chi connectivity index (χ4n) is 1.14. The van der Waals surface area contributed by atoms with Gasteiger partial charge >= 0.3 is 0 Å². The number of likely N-dealkylation sites (N-methyl/N-ethyl adjacent to an activating group) is 1. The molecule has 1 aromatic rings. The van der Waals surface area contributed by atoms with E-state index in [-0.39, 0.29) is 11.9 Å². The van der Waals surface area contributed by atoms with Crippen LogP contribution in [0, 0.1) is 11.3 Å². The van der Waals surface area contributed by atoms with Gasteiger partial charge in [0.25, 0.3) is 0 Å². The zero-order valence-corrected chi connectivity index (χ0v) is 10.5. The van der Waals surface area contributed by atoms with Crippen LogP contribution < -0.4 is 5.32 Å². The van der Waals surface area contributed by atoms with Crippen molar-refractivity contribution < 1.29 is 4.79 Å². The summed E-state index contributed by atoms with van der Waals surface area (Å²) in [5, 5.41) is 11.8. The van der Waals surface area contributed by atoms with Crippen molar-refractivity contribution in [1.82, 2.24) is 10.2 Å². The summed E-state index contributed by atoms with van der Waals surface area (Å²) in [7, 11) is 3.46. The monoisotopic (exact) mass is 237 g/mol. The molecule has 0 spiro atoms. The Morgan fingerprint density at radius 1 is 1.62 bits per heavy atom. The molecule has 1 amide bonds. The van der Waals surface area contributed by atoms with Crippen molar-refractivity contribution in [2.75, 3.05) is 20.6 Å². The second-order valence-corrected chi connectivity index (χ2v) is 4.82. The van der Waals surface area contributed by atoms with Gasteiger partial charge < -0.3 is 10.2 Å². The number of carbonyl (C=O) groups is 1. The molecular weight excluding hydrogens is 222 g/mol. The molecule has 4 nitrogen and oxygen atoms in total. The van der Waals surface area contributed by atoms with Crippen molar-refractivity contribution in [3.63, 3.8) is 0 Å². The van der Waals surface area contributed by atoms with Gasteiger partial charge in [0.15, 0.2) is 0 Å². The first kappa shape index (κ1) is 12.7. The topological polar surface area (TPSA) is 56.1 Å². The lowest BCUT2D eigenvalue weighted by Gasteiger charge is -2.14. The van der Waals surface area contributed by atoms with Gasteiger partial charge in [0.1, 0.15) is 10.9 Å². The van der Waals surface area contributed by atoms with Crippen molar-refractivity contribution in [1.29, 1.82) is 5.26 Å². The lowest BCUT2D eigenvalue weighted by molar-refractivity contribution is -0.127. The maximum absolute atomic E-state index is 11.4. The zero-order valence-electron chi connectivity index (χ0n) is 9.65. The summed E-state index contributed by atoms with van der Waals surface area (Å²) in [6.07, 6.45) is 0. The summed E-state index contributed by atoms with van der Waals surface area (Å²) in [4.78, 5) is 14.7. The van der Waals surface area contributed by atoms with Gasteiger partial charge in [-0.05, 0) is 19.1 Å². The highest BCUT2D eigenvalue weighted by Gasteiger charge is 2.10. The van der Waals surface area contributed by atoms with E-state index in [0.29, 0.717) is 11.4 Å². The lowest BCUT2D eigenvalue weighted by atomic mass is 10.2. The standard InChI is InChI=1S/C11H15N3OS/c1-8(13-7-11(15)14(2)3)10-5-4-9(6-12)16-10/h4-5,8,13H,7H2,1-3H3. The van der Waals surface area contributed by atoms with Crippen molar-refractivity contribution in [2.24, 2.45) is 0 Å². The van der Waals surface area contributed by atoms with Crippen molar-refractivity contribution >= 4 is 17.2 Å². The van der Waals surface area contributed by atoms with E-state index < -0.39 is 0 Å². The molecule has 1 aromatic heterocycles. The number of nitrogens with one attached hydrogen (secondary N) is 1. The van der Waals surface area contributed by atoms with Crippen LogP contribution >= 0.6 is 11.3 Å². The van der Waals surface area contributed by atoms with Crippen molar-refractivity contribution in [2.45, 2.75) is 13.0 Å². The Morgan fingerprint density at radius 3 is 2.81 bits per heavy atom. The van der Waals surface area contributed by atoms with E-state index in [2.05, 4.69) is 11.4 Å². The SMILES string of the molecule is CC(NCC(=O)N(C)C)c1ccc(C#N)s1. The number of nitriles is 1. The van der Waals surface area contributed by atoms with Crippen molar-refractivity contribution in [3.05, 3.63) is 21.9 Å². The first-order chi connectivity index (χ1) is 7.54. The summed E-state index contributed by atoms with van der Waals surface area (Å²) in [5.41, 5.74) is 0. The molecule has 1 atom stereocenters. The van der Waals surface area contributed by atoms with Crippen molar-refractivity contribution in [3.8, 4) is 6.07 Å². The van der Waals surface area contributed by atoms with Crippen LogP contribution in [0.25, 0.3) is 0 Å². The van der Waals surface area contributed by atoms with Crippen LogP contribution in [0.4, 0.5) is 0 Å². The number of hydrogen-bond acceptors (Lipinski definition) is 4. The molecule has 0 aliphatic carbocycles. The Balaban J connectivity index is 2.50. The fourth-order valence-corrected chi connectivity index (χ4v) is 1.98. The number of amides is 1. The molecule has 1 N–H and O–H groups in total. The molecule has 5 heteroatoms. The van der Waals surface area contributed by atoms with Crippen LogP contribution in [0.5, 0.6) is 0 Å². The summed E-state index contributed by atoms with van der Waals surface area (Å²) < 4.78 is 0. The summed E-state index contributed by atoms with van der Waals surface area (Å²) in [6, 6.07) is 5.91. The molecule has 1 heterocycles. The van der Waals surface area contributed by atoms with Crippen LogP contribution in [0.3, 0.4) is 0 Å². The predicted molar refractivity (Wildman–Crippen MR) is 64.1 cm³/mol. The molecule has 16 heavy (non-hydrogen) atoms. The highest BCUT2D eigenvalue weighted by atomic mass is 32.1. The Morgan fingerprint density at radius 2 is 2.31 bits per heavy atom. The predicted octanol–water partition coefficient (Wildman–Crippen LogP) is 1.36. The van der Waals surface area contributed by atoms with E-state index in [0.717, 1.165) is 4.88 Å². The highest BCUT2D eigenvalue weighted by molar-refractivity contribution is 7.12. The molecule has 0 aliphatic heterocycles.